The van der Waals surface area contributed by atoms with Gasteiger partial charge in [-0.1, -0.05) is 116 Å². The van der Waals surface area contributed by atoms with Crippen molar-refractivity contribution >= 4 is 11.6 Å². The zero-order valence-electron chi connectivity index (χ0n) is 32.6. The molecule has 0 aromatic heterocycles. The Balaban J connectivity index is 3.04. The lowest BCUT2D eigenvalue weighted by atomic mass is 10.0. The van der Waals surface area contributed by atoms with Crippen molar-refractivity contribution in [1.82, 2.24) is 0 Å². The first-order valence-electron chi connectivity index (χ1n) is 20.7. The van der Waals surface area contributed by atoms with E-state index in [1.54, 1.807) is 0 Å². The van der Waals surface area contributed by atoms with E-state index in [1.807, 2.05) is 0 Å². The summed E-state index contributed by atoms with van der Waals surface area (Å²) < 4.78 is 49.9. The smallest absolute Gasteiger partial charge is 0.0701 e. The summed E-state index contributed by atoms with van der Waals surface area (Å²) >= 11 is 5.66. The lowest BCUT2D eigenvalue weighted by Crippen LogP contribution is -2.15. The van der Waals surface area contributed by atoms with Crippen molar-refractivity contribution in [3.05, 3.63) is 0 Å². The molecule has 9 nitrogen and oxygen atoms in total. The molecule has 0 aromatic rings. The number of halogens is 1. The molecule has 0 spiro atoms. The SMILES string of the molecule is CCCCCCCCCCCCCCCCCCOCCOCCOCCOCCOCCOCCOCCOCCOCCCCCCCl. The van der Waals surface area contributed by atoms with Gasteiger partial charge in [0.15, 0.2) is 0 Å². The fourth-order valence-corrected chi connectivity index (χ4v) is 5.45. The van der Waals surface area contributed by atoms with Gasteiger partial charge in [-0.15, -0.1) is 11.6 Å². The van der Waals surface area contributed by atoms with Crippen LogP contribution in [0.25, 0.3) is 0 Å². The maximum atomic E-state index is 5.69. The van der Waals surface area contributed by atoms with Gasteiger partial charge in [0.05, 0.1) is 106 Å². The molecule has 0 N–H and O–H groups in total. The molecule has 0 atom stereocenters. The van der Waals surface area contributed by atoms with E-state index >= 15 is 0 Å². The average Bonchev–Trinajstić information content (AvgIpc) is 3.13. The number of hydrogen-bond acceptors (Lipinski definition) is 9. The van der Waals surface area contributed by atoms with Crippen LogP contribution in [0.3, 0.4) is 0 Å². The van der Waals surface area contributed by atoms with Crippen LogP contribution in [-0.4, -0.2) is 125 Å². The number of rotatable bonds is 47. The van der Waals surface area contributed by atoms with Crippen LogP contribution in [-0.2, 0) is 42.6 Å². The van der Waals surface area contributed by atoms with Gasteiger partial charge in [0.2, 0.25) is 0 Å². The molecular formula is C40H81ClO9. The van der Waals surface area contributed by atoms with Crippen molar-refractivity contribution in [2.24, 2.45) is 0 Å². The Labute approximate surface area is 313 Å². The standard InChI is InChI=1S/C40H81ClO9/c1-2-3-4-5-6-7-8-9-10-11-12-13-14-15-17-20-23-42-25-27-44-29-31-46-33-35-48-37-39-50-40-38-49-36-34-47-32-30-45-28-26-43-24-21-18-16-19-22-41/h2-40H2,1H3. The van der Waals surface area contributed by atoms with Gasteiger partial charge in [-0.25, -0.2) is 0 Å². The quantitative estimate of drug-likeness (QED) is 0.0448. The molecule has 0 saturated carbocycles. The van der Waals surface area contributed by atoms with Crippen molar-refractivity contribution in [2.75, 3.05) is 125 Å². The zero-order valence-corrected chi connectivity index (χ0v) is 33.4. The van der Waals surface area contributed by atoms with Crippen LogP contribution in [0.5, 0.6) is 0 Å². The Hall–Kier alpha value is -0.0700. The zero-order chi connectivity index (χ0) is 35.9. The van der Waals surface area contributed by atoms with Crippen molar-refractivity contribution in [3.8, 4) is 0 Å². The molecule has 0 aliphatic heterocycles. The molecule has 0 aromatic carbocycles. The van der Waals surface area contributed by atoms with Crippen molar-refractivity contribution in [1.29, 1.82) is 0 Å². The molecule has 10 heteroatoms. The largest absolute Gasteiger partial charge is 0.379 e. The second-order valence-electron chi connectivity index (χ2n) is 12.9. The predicted molar refractivity (Wildman–Crippen MR) is 206 cm³/mol. The summed E-state index contributed by atoms with van der Waals surface area (Å²) in [7, 11) is 0. The van der Waals surface area contributed by atoms with E-state index in [0.717, 1.165) is 38.4 Å². The number of ether oxygens (including phenoxy) is 9. The molecule has 0 unspecified atom stereocenters. The van der Waals surface area contributed by atoms with Crippen LogP contribution < -0.4 is 0 Å². The maximum Gasteiger partial charge on any atom is 0.0701 e. The Bertz CT molecular complexity index is 529. The fraction of sp³-hybridized carbons (Fsp3) is 1.00. The molecule has 0 aliphatic rings. The Morgan fingerprint density at radius 1 is 0.220 bits per heavy atom. The van der Waals surface area contributed by atoms with E-state index in [0.29, 0.717) is 106 Å². The van der Waals surface area contributed by atoms with E-state index < -0.39 is 0 Å². The highest BCUT2D eigenvalue weighted by Gasteiger charge is 1.98. The third kappa shape index (κ3) is 47.9. The summed E-state index contributed by atoms with van der Waals surface area (Å²) in [4.78, 5) is 0. The Kier molecular flexibility index (Phi) is 48.9. The highest BCUT2D eigenvalue weighted by Crippen LogP contribution is 2.13. The van der Waals surface area contributed by atoms with E-state index in [2.05, 4.69) is 6.92 Å². The third-order valence-corrected chi connectivity index (χ3v) is 8.56. The lowest BCUT2D eigenvalue weighted by Gasteiger charge is -2.09. The average molecular weight is 742 g/mol. The maximum absolute atomic E-state index is 5.69. The highest BCUT2D eigenvalue weighted by atomic mass is 35.5. The number of hydrogen-bond donors (Lipinski definition) is 0. The molecule has 302 valence electrons. The van der Waals surface area contributed by atoms with E-state index in [9.17, 15) is 0 Å². The van der Waals surface area contributed by atoms with Gasteiger partial charge in [-0.3, -0.25) is 0 Å². The minimum Gasteiger partial charge on any atom is -0.379 e. The molecule has 50 heavy (non-hydrogen) atoms. The summed E-state index contributed by atoms with van der Waals surface area (Å²) in [6.07, 6.45) is 26.8. The van der Waals surface area contributed by atoms with Gasteiger partial charge in [-0.05, 0) is 19.3 Å². The highest BCUT2D eigenvalue weighted by molar-refractivity contribution is 6.17. The monoisotopic (exact) mass is 741 g/mol. The van der Waals surface area contributed by atoms with Crippen LogP contribution >= 0.6 is 11.6 Å². The fourth-order valence-electron chi connectivity index (χ4n) is 5.27. The van der Waals surface area contributed by atoms with Crippen LogP contribution in [0.15, 0.2) is 0 Å². The summed E-state index contributed by atoms with van der Waals surface area (Å²) in [5.41, 5.74) is 0. The van der Waals surface area contributed by atoms with Crippen LogP contribution in [0.2, 0.25) is 0 Å². The van der Waals surface area contributed by atoms with E-state index in [4.69, 9.17) is 54.2 Å². The second kappa shape index (κ2) is 48.9. The van der Waals surface area contributed by atoms with Gasteiger partial charge in [-0.2, -0.15) is 0 Å². The van der Waals surface area contributed by atoms with Gasteiger partial charge < -0.3 is 42.6 Å². The van der Waals surface area contributed by atoms with Crippen molar-refractivity contribution in [2.45, 2.75) is 135 Å². The summed E-state index contributed by atoms with van der Waals surface area (Å²) in [6, 6.07) is 0. The van der Waals surface area contributed by atoms with Crippen LogP contribution in [0, 0.1) is 0 Å². The molecule has 0 amide bonds. The molecule has 0 bridgehead atoms. The topological polar surface area (TPSA) is 83.1 Å². The number of unbranched alkanes of at least 4 members (excludes halogenated alkanes) is 18. The predicted octanol–water partition coefficient (Wildman–Crippen LogP) is 9.20. The van der Waals surface area contributed by atoms with Crippen LogP contribution in [0.4, 0.5) is 0 Å². The first-order valence-corrected chi connectivity index (χ1v) is 21.2. The third-order valence-electron chi connectivity index (χ3n) is 8.29. The van der Waals surface area contributed by atoms with E-state index in [-0.39, 0.29) is 0 Å². The van der Waals surface area contributed by atoms with Crippen LogP contribution in [0.1, 0.15) is 135 Å². The molecule has 0 radical (unpaired) electrons. The molecule has 0 aliphatic carbocycles. The summed E-state index contributed by atoms with van der Waals surface area (Å²) in [5, 5.41) is 0. The van der Waals surface area contributed by atoms with Crippen molar-refractivity contribution in [3.63, 3.8) is 0 Å². The Morgan fingerprint density at radius 2 is 0.400 bits per heavy atom. The first-order chi connectivity index (χ1) is 24.9. The molecular weight excluding hydrogens is 660 g/mol. The summed E-state index contributed by atoms with van der Waals surface area (Å²) in [5.74, 6) is 0.749. The molecule has 0 fully saturated rings. The van der Waals surface area contributed by atoms with Crippen molar-refractivity contribution < 1.29 is 42.6 Å². The minimum atomic E-state index is 0.538. The Morgan fingerprint density at radius 3 is 0.620 bits per heavy atom. The van der Waals surface area contributed by atoms with Gasteiger partial charge in [0.1, 0.15) is 0 Å². The summed E-state index contributed by atoms with van der Waals surface area (Å²) in [6.45, 7) is 13.0. The van der Waals surface area contributed by atoms with Gasteiger partial charge >= 0.3 is 0 Å². The first kappa shape index (κ1) is 49.9. The second-order valence-corrected chi connectivity index (χ2v) is 13.3. The molecule has 0 heterocycles. The number of alkyl halides is 1. The molecule has 0 rings (SSSR count). The molecule has 0 saturated heterocycles. The van der Waals surface area contributed by atoms with E-state index in [1.165, 1.54) is 109 Å². The minimum absolute atomic E-state index is 0.538. The lowest BCUT2D eigenvalue weighted by molar-refractivity contribution is -0.0250. The van der Waals surface area contributed by atoms with Gasteiger partial charge in [0, 0.05) is 19.1 Å². The van der Waals surface area contributed by atoms with Gasteiger partial charge in [0.25, 0.3) is 0 Å². The normalized spacial score (nSPS) is 11.6.